The quantitative estimate of drug-likeness (QED) is 0.779. The van der Waals surface area contributed by atoms with Crippen molar-refractivity contribution in [2.45, 2.75) is 26.7 Å². The summed E-state index contributed by atoms with van der Waals surface area (Å²) in [5.74, 6) is -0.745. The van der Waals surface area contributed by atoms with Crippen molar-refractivity contribution in [3.8, 4) is 0 Å². The number of aliphatic carboxylic acids is 1. The molecule has 1 aromatic rings. The summed E-state index contributed by atoms with van der Waals surface area (Å²) in [6.45, 7) is 3.88. The summed E-state index contributed by atoms with van der Waals surface area (Å²) in [6.07, 6.45) is 2.11. The Labute approximate surface area is 99.0 Å². The van der Waals surface area contributed by atoms with Gasteiger partial charge < -0.3 is 14.9 Å². The first-order valence-electron chi connectivity index (χ1n) is 5.45. The SMILES string of the molecule is CCC(CNC(=O)c1cnoc1C)CC(=O)O. The number of aryl methyl sites for hydroxylation is 1. The number of aromatic nitrogens is 1. The zero-order valence-electron chi connectivity index (χ0n) is 9.90. The molecule has 0 spiro atoms. The van der Waals surface area contributed by atoms with E-state index in [1.54, 1.807) is 6.92 Å². The van der Waals surface area contributed by atoms with E-state index in [1.807, 2.05) is 6.92 Å². The average Bonchev–Trinajstić information content (AvgIpc) is 2.69. The first-order chi connectivity index (χ1) is 8.04. The Balaban J connectivity index is 2.47. The molecule has 2 N–H and O–H groups in total. The maximum atomic E-state index is 11.7. The fraction of sp³-hybridized carbons (Fsp3) is 0.545. The fourth-order valence-corrected chi connectivity index (χ4v) is 1.46. The van der Waals surface area contributed by atoms with Crippen LogP contribution < -0.4 is 5.32 Å². The maximum absolute atomic E-state index is 11.7. The van der Waals surface area contributed by atoms with Crippen LogP contribution in [0.2, 0.25) is 0 Å². The minimum Gasteiger partial charge on any atom is -0.481 e. The minimum atomic E-state index is -0.854. The lowest BCUT2D eigenvalue weighted by molar-refractivity contribution is -0.138. The van der Waals surface area contributed by atoms with E-state index in [0.717, 1.165) is 0 Å². The van der Waals surface area contributed by atoms with Crippen LogP contribution in [-0.2, 0) is 4.79 Å². The van der Waals surface area contributed by atoms with Gasteiger partial charge in [-0.3, -0.25) is 9.59 Å². The summed E-state index contributed by atoms with van der Waals surface area (Å²) < 4.78 is 4.78. The third-order valence-electron chi connectivity index (χ3n) is 2.59. The summed E-state index contributed by atoms with van der Waals surface area (Å²) in [4.78, 5) is 22.2. The van der Waals surface area contributed by atoms with E-state index in [-0.39, 0.29) is 18.2 Å². The van der Waals surface area contributed by atoms with Crippen molar-refractivity contribution >= 4 is 11.9 Å². The first-order valence-corrected chi connectivity index (χ1v) is 5.45. The predicted octanol–water partition coefficient (Wildman–Crippen LogP) is 1.21. The highest BCUT2D eigenvalue weighted by Crippen LogP contribution is 2.09. The van der Waals surface area contributed by atoms with Crippen molar-refractivity contribution in [3.63, 3.8) is 0 Å². The normalized spacial score (nSPS) is 12.1. The van der Waals surface area contributed by atoms with E-state index in [1.165, 1.54) is 6.20 Å². The highest BCUT2D eigenvalue weighted by Gasteiger charge is 2.16. The summed E-state index contributed by atoms with van der Waals surface area (Å²) >= 11 is 0. The highest BCUT2D eigenvalue weighted by atomic mass is 16.5. The second-order valence-corrected chi connectivity index (χ2v) is 3.88. The van der Waals surface area contributed by atoms with Crippen molar-refractivity contribution in [2.24, 2.45) is 5.92 Å². The summed E-state index contributed by atoms with van der Waals surface area (Å²) in [5.41, 5.74) is 0.384. The van der Waals surface area contributed by atoms with Crippen LogP contribution in [-0.4, -0.2) is 28.7 Å². The molecule has 0 aliphatic carbocycles. The molecule has 6 heteroatoms. The molecule has 0 bridgehead atoms. The van der Waals surface area contributed by atoms with Crippen LogP contribution in [0.3, 0.4) is 0 Å². The number of hydrogen-bond donors (Lipinski definition) is 2. The Hall–Kier alpha value is -1.85. The van der Waals surface area contributed by atoms with Crippen molar-refractivity contribution < 1.29 is 19.2 Å². The molecule has 1 heterocycles. The van der Waals surface area contributed by atoms with Gasteiger partial charge in [-0.2, -0.15) is 0 Å². The van der Waals surface area contributed by atoms with Gasteiger partial charge in [-0.05, 0) is 12.8 Å². The predicted molar refractivity (Wildman–Crippen MR) is 59.6 cm³/mol. The number of amides is 1. The topological polar surface area (TPSA) is 92.4 Å². The Morgan fingerprint density at radius 2 is 2.29 bits per heavy atom. The number of nitrogens with one attached hydrogen (secondary N) is 1. The number of rotatable bonds is 6. The molecule has 0 aromatic carbocycles. The molecule has 0 aliphatic heterocycles. The zero-order chi connectivity index (χ0) is 12.8. The van der Waals surface area contributed by atoms with Crippen LogP contribution in [0, 0.1) is 12.8 Å². The highest BCUT2D eigenvalue weighted by molar-refractivity contribution is 5.94. The third-order valence-corrected chi connectivity index (χ3v) is 2.59. The third kappa shape index (κ3) is 3.90. The van der Waals surface area contributed by atoms with E-state index in [2.05, 4.69) is 10.5 Å². The van der Waals surface area contributed by atoms with Crippen LogP contribution in [0.5, 0.6) is 0 Å². The number of carbonyl (C=O) groups is 2. The molecule has 1 atom stereocenters. The van der Waals surface area contributed by atoms with Gasteiger partial charge in [-0.15, -0.1) is 0 Å². The molecule has 1 amide bonds. The molecule has 0 saturated carbocycles. The second-order valence-electron chi connectivity index (χ2n) is 3.88. The van der Waals surface area contributed by atoms with E-state index < -0.39 is 5.97 Å². The second kappa shape index (κ2) is 6.03. The van der Waals surface area contributed by atoms with Gasteiger partial charge in [-0.25, -0.2) is 0 Å². The molecule has 17 heavy (non-hydrogen) atoms. The molecule has 94 valence electrons. The molecule has 0 aliphatic rings. The van der Waals surface area contributed by atoms with Crippen molar-refractivity contribution in [1.82, 2.24) is 10.5 Å². The van der Waals surface area contributed by atoms with E-state index >= 15 is 0 Å². The molecular weight excluding hydrogens is 224 g/mol. The van der Waals surface area contributed by atoms with Gasteiger partial charge >= 0.3 is 5.97 Å². The standard InChI is InChI=1S/C11H16N2O4/c1-3-8(4-10(14)15)5-12-11(16)9-6-13-17-7(9)2/h6,8H,3-5H2,1-2H3,(H,12,16)(H,14,15). The van der Waals surface area contributed by atoms with Gasteiger partial charge in [0, 0.05) is 13.0 Å². The van der Waals surface area contributed by atoms with Gasteiger partial charge in [0.1, 0.15) is 11.3 Å². The number of carboxylic acid groups (broad SMARTS) is 1. The lowest BCUT2D eigenvalue weighted by Crippen LogP contribution is -2.30. The van der Waals surface area contributed by atoms with E-state index in [0.29, 0.717) is 24.3 Å². The van der Waals surface area contributed by atoms with Crippen LogP contribution >= 0.6 is 0 Å². The lowest BCUT2D eigenvalue weighted by Gasteiger charge is -2.12. The summed E-state index contributed by atoms with van der Waals surface area (Å²) in [5, 5.41) is 14.9. The first kappa shape index (κ1) is 13.2. The molecule has 1 rings (SSSR count). The molecule has 6 nitrogen and oxygen atoms in total. The van der Waals surface area contributed by atoms with Crippen LogP contribution in [0.25, 0.3) is 0 Å². The summed E-state index contributed by atoms with van der Waals surface area (Å²) in [7, 11) is 0. The van der Waals surface area contributed by atoms with E-state index in [9.17, 15) is 9.59 Å². The monoisotopic (exact) mass is 240 g/mol. The number of carbonyl (C=O) groups excluding carboxylic acids is 1. The zero-order valence-corrected chi connectivity index (χ0v) is 9.90. The number of carboxylic acids is 1. The van der Waals surface area contributed by atoms with Crippen LogP contribution in [0.15, 0.2) is 10.7 Å². The van der Waals surface area contributed by atoms with Crippen molar-refractivity contribution in [2.75, 3.05) is 6.54 Å². The Kier molecular flexibility index (Phi) is 4.68. The van der Waals surface area contributed by atoms with Gasteiger partial charge in [0.05, 0.1) is 6.20 Å². The van der Waals surface area contributed by atoms with Gasteiger partial charge in [0.2, 0.25) is 0 Å². The van der Waals surface area contributed by atoms with Crippen molar-refractivity contribution in [1.29, 1.82) is 0 Å². The lowest BCUT2D eigenvalue weighted by atomic mass is 10.0. The molecule has 0 radical (unpaired) electrons. The fourth-order valence-electron chi connectivity index (χ4n) is 1.46. The molecule has 0 saturated heterocycles. The molecule has 1 unspecified atom stereocenters. The van der Waals surface area contributed by atoms with E-state index in [4.69, 9.17) is 9.63 Å². The van der Waals surface area contributed by atoms with Gasteiger partial charge in [0.25, 0.3) is 5.91 Å². The van der Waals surface area contributed by atoms with Crippen LogP contribution in [0.4, 0.5) is 0 Å². The molecular formula is C11H16N2O4. The van der Waals surface area contributed by atoms with Gasteiger partial charge in [0.15, 0.2) is 0 Å². The van der Waals surface area contributed by atoms with Crippen molar-refractivity contribution in [3.05, 3.63) is 17.5 Å². The Morgan fingerprint density at radius 1 is 1.59 bits per heavy atom. The maximum Gasteiger partial charge on any atom is 0.303 e. The number of hydrogen-bond acceptors (Lipinski definition) is 4. The Morgan fingerprint density at radius 3 is 2.76 bits per heavy atom. The molecule has 0 fully saturated rings. The number of nitrogens with zero attached hydrogens (tertiary/aromatic N) is 1. The summed E-state index contributed by atoms with van der Waals surface area (Å²) in [6, 6.07) is 0. The minimum absolute atomic E-state index is 0.0550. The Bertz CT molecular complexity index is 400. The smallest absolute Gasteiger partial charge is 0.303 e. The molecule has 1 aromatic heterocycles. The largest absolute Gasteiger partial charge is 0.481 e. The average molecular weight is 240 g/mol. The van der Waals surface area contributed by atoms with Crippen LogP contribution in [0.1, 0.15) is 35.9 Å². The van der Waals surface area contributed by atoms with Gasteiger partial charge in [-0.1, -0.05) is 18.5 Å².